The van der Waals surface area contributed by atoms with Crippen LogP contribution in [0.15, 0.2) is 77.6 Å². The highest BCUT2D eigenvalue weighted by molar-refractivity contribution is 5.79. The van der Waals surface area contributed by atoms with Crippen LogP contribution in [0, 0.1) is 10.1 Å². The van der Waals surface area contributed by atoms with E-state index in [0.29, 0.717) is 28.2 Å². The van der Waals surface area contributed by atoms with Gasteiger partial charge in [-0.2, -0.15) is 0 Å². The van der Waals surface area contributed by atoms with Gasteiger partial charge in [0.2, 0.25) is 0 Å². The highest BCUT2D eigenvalue weighted by atomic mass is 16.6. The molecule has 0 fully saturated rings. The van der Waals surface area contributed by atoms with E-state index in [2.05, 4.69) is 0 Å². The predicted octanol–water partition coefficient (Wildman–Crippen LogP) is 4.06. The van der Waals surface area contributed by atoms with Crippen molar-refractivity contribution in [1.82, 2.24) is 9.55 Å². The first kappa shape index (κ1) is 20.1. The first-order valence-electron chi connectivity index (χ1n) is 9.58. The van der Waals surface area contributed by atoms with E-state index < -0.39 is 4.92 Å². The van der Waals surface area contributed by atoms with Crippen molar-refractivity contribution < 1.29 is 14.4 Å². The molecule has 0 N–H and O–H groups in total. The zero-order valence-corrected chi connectivity index (χ0v) is 16.7. The normalized spacial score (nSPS) is 10.7. The third-order valence-corrected chi connectivity index (χ3v) is 4.84. The first-order chi connectivity index (χ1) is 15.1. The Kier molecular flexibility index (Phi) is 5.61. The summed E-state index contributed by atoms with van der Waals surface area (Å²) in [7, 11) is 1.59. The summed E-state index contributed by atoms with van der Waals surface area (Å²) >= 11 is 0. The maximum atomic E-state index is 13.2. The summed E-state index contributed by atoms with van der Waals surface area (Å²) in [6, 6.07) is 20.3. The molecule has 156 valence electrons. The summed E-state index contributed by atoms with van der Waals surface area (Å²) in [4.78, 5) is 28.2. The number of ether oxygens (including phenoxy) is 2. The van der Waals surface area contributed by atoms with E-state index in [9.17, 15) is 14.9 Å². The summed E-state index contributed by atoms with van der Waals surface area (Å²) in [5.74, 6) is 1.72. The molecule has 0 saturated carbocycles. The summed E-state index contributed by atoms with van der Waals surface area (Å²) in [6.07, 6.45) is 0. The number of nitrogens with zero attached hydrogens (tertiary/aromatic N) is 3. The van der Waals surface area contributed by atoms with Crippen LogP contribution in [0.25, 0.3) is 22.3 Å². The van der Waals surface area contributed by atoms with Gasteiger partial charge in [-0.15, -0.1) is 0 Å². The van der Waals surface area contributed by atoms with Gasteiger partial charge in [0.1, 0.15) is 23.9 Å². The van der Waals surface area contributed by atoms with Crippen molar-refractivity contribution >= 4 is 16.6 Å². The number of nitro benzene ring substituents is 1. The van der Waals surface area contributed by atoms with Crippen LogP contribution in [0.2, 0.25) is 0 Å². The molecule has 8 heteroatoms. The van der Waals surface area contributed by atoms with E-state index in [1.165, 1.54) is 24.3 Å². The molecule has 8 nitrogen and oxygen atoms in total. The van der Waals surface area contributed by atoms with Crippen LogP contribution < -0.4 is 15.0 Å². The Balaban J connectivity index is 1.65. The average Bonchev–Trinajstić information content (AvgIpc) is 2.81. The van der Waals surface area contributed by atoms with Crippen molar-refractivity contribution in [2.45, 2.75) is 6.54 Å². The monoisotopic (exact) mass is 417 g/mol. The molecule has 0 bridgehead atoms. The number of hydrogen-bond acceptors (Lipinski definition) is 6. The molecular weight excluding hydrogens is 398 g/mol. The number of methoxy groups -OCH3 is 1. The average molecular weight is 417 g/mol. The van der Waals surface area contributed by atoms with Crippen molar-refractivity contribution in [2.24, 2.45) is 0 Å². The van der Waals surface area contributed by atoms with E-state index in [-0.39, 0.29) is 24.4 Å². The van der Waals surface area contributed by atoms with Crippen LogP contribution in [0.4, 0.5) is 5.69 Å². The molecule has 0 unspecified atom stereocenters. The third-order valence-electron chi connectivity index (χ3n) is 4.84. The van der Waals surface area contributed by atoms with Gasteiger partial charge in [0.05, 0.1) is 29.5 Å². The largest absolute Gasteiger partial charge is 0.497 e. The summed E-state index contributed by atoms with van der Waals surface area (Å²) < 4.78 is 12.5. The van der Waals surface area contributed by atoms with Gasteiger partial charge in [-0.05, 0) is 48.5 Å². The van der Waals surface area contributed by atoms with Crippen LogP contribution in [0.3, 0.4) is 0 Å². The Labute approximate surface area is 177 Å². The van der Waals surface area contributed by atoms with Gasteiger partial charge in [-0.25, -0.2) is 4.98 Å². The summed E-state index contributed by atoms with van der Waals surface area (Å²) in [6.45, 7) is 0.454. The van der Waals surface area contributed by atoms with Gasteiger partial charge in [-0.3, -0.25) is 19.5 Å². The second-order valence-electron chi connectivity index (χ2n) is 6.74. The first-order valence-corrected chi connectivity index (χ1v) is 9.58. The topological polar surface area (TPSA) is 96.5 Å². The molecule has 0 spiro atoms. The molecule has 0 atom stereocenters. The molecule has 0 aliphatic carbocycles. The minimum Gasteiger partial charge on any atom is -0.497 e. The fourth-order valence-electron chi connectivity index (χ4n) is 3.25. The van der Waals surface area contributed by atoms with E-state index in [1.54, 1.807) is 23.8 Å². The molecular formula is C23H19N3O5. The van der Waals surface area contributed by atoms with Gasteiger partial charge < -0.3 is 9.47 Å². The molecule has 0 aliphatic heterocycles. The lowest BCUT2D eigenvalue weighted by molar-refractivity contribution is -0.384. The fourth-order valence-corrected chi connectivity index (χ4v) is 3.25. The maximum absolute atomic E-state index is 13.2. The molecule has 3 aromatic carbocycles. The lowest BCUT2D eigenvalue weighted by Crippen LogP contribution is -2.26. The molecule has 4 aromatic rings. The van der Waals surface area contributed by atoms with Crippen LogP contribution in [-0.2, 0) is 6.54 Å². The number of aromatic nitrogens is 2. The number of hydrogen-bond donors (Lipinski definition) is 0. The van der Waals surface area contributed by atoms with Gasteiger partial charge in [-0.1, -0.05) is 12.1 Å². The number of benzene rings is 3. The molecule has 31 heavy (non-hydrogen) atoms. The Bertz CT molecular complexity index is 1280. The quantitative estimate of drug-likeness (QED) is 0.332. The second-order valence-corrected chi connectivity index (χ2v) is 6.74. The Morgan fingerprint density at radius 2 is 1.65 bits per heavy atom. The van der Waals surface area contributed by atoms with Crippen molar-refractivity contribution in [3.63, 3.8) is 0 Å². The SMILES string of the molecule is COc1ccc(-c2nc3ccccc3c(=O)n2CCOc2ccc([N+](=O)[O-])cc2)cc1. The Morgan fingerprint density at radius 1 is 0.968 bits per heavy atom. The van der Waals surface area contributed by atoms with Gasteiger partial charge in [0, 0.05) is 17.7 Å². The second kappa shape index (κ2) is 8.66. The van der Waals surface area contributed by atoms with Gasteiger partial charge in [0.15, 0.2) is 0 Å². The summed E-state index contributed by atoms with van der Waals surface area (Å²) in [5, 5.41) is 11.3. The maximum Gasteiger partial charge on any atom is 0.269 e. The standard InChI is InChI=1S/C23H19N3O5/c1-30-18-10-6-16(7-11-18)22-24-21-5-3-2-4-20(21)23(27)25(22)14-15-31-19-12-8-17(9-13-19)26(28)29/h2-13H,14-15H2,1H3. The third kappa shape index (κ3) is 4.23. The molecule has 0 aliphatic rings. The number of fused-ring (bicyclic) bond motifs is 1. The van der Waals surface area contributed by atoms with Crippen molar-refractivity contribution in [1.29, 1.82) is 0 Å². The van der Waals surface area contributed by atoms with Crippen LogP contribution in [0.5, 0.6) is 11.5 Å². The van der Waals surface area contributed by atoms with Crippen LogP contribution >= 0.6 is 0 Å². The molecule has 0 radical (unpaired) electrons. The lowest BCUT2D eigenvalue weighted by atomic mass is 10.1. The molecule has 4 rings (SSSR count). The zero-order chi connectivity index (χ0) is 21.8. The molecule has 0 amide bonds. The molecule has 1 heterocycles. The summed E-state index contributed by atoms with van der Waals surface area (Å²) in [5.41, 5.74) is 1.22. The number of para-hydroxylation sites is 1. The van der Waals surface area contributed by atoms with Crippen LogP contribution in [0.1, 0.15) is 0 Å². The number of non-ortho nitro benzene ring substituents is 1. The zero-order valence-electron chi connectivity index (χ0n) is 16.7. The van der Waals surface area contributed by atoms with Crippen molar-refractivity contribution in [3.05, 3.63) is 93.3 Å². The van der Waals surface area contributed by atoms with Crippen molar-refractivity contribution in [3.8, 4) is 22.9 Å². The van der Waals surface area contributed by atoms with Crippen molar-refractivity contribution in [2.75, 3.05) is 13.7 Å². The predicted molar refractivity (Wildman–Crippen MR) is 117 cm³/mol. The highest BCUT2D eigenvalue weighted by Gasteiger charge is 2.13. The smallest absolute Gasteiger partial charge is 0.269 e. The van der Waals surface area contributed by atoms with Gasteiger partial charge >= 0.3 is 0 Å². The molecule has 0 saturated heterocycles. The van der Waals surface area contributed by atoms with E-state index in [0.717, 1.165) is 5.56 Å². The number of rotatable bonds is 7. The lowest BCUT2D eigenvalue weighted by Gasteiger charge is -2.14. The van der Waals surface area contributed by atoms with E-state index in [4.69, 9.17) is 14.5 Å². The minimum atomic E-state index is -0.467. The van der Waals surface area contributed by atoms with Crippen LogP contribution in [-0.4, -0.2) is 28.2 Å². The molecule has 1 aromatic heterocycles. The fraction of sp³-hybridized carbons (Fsp3) is 0.130. The van der Waals surface area contributed by atoms with E-state index >= 15 is 0 Å². The van der Waals surface area contributed by atoms with Gasteiger partial charge in [0.25, 0.3) is 11.2 Å². The number of nitro groups is 1. The Hall–Kier alpha value is -4.20. The van der Waals surface area contributed by atoms with E-state index in [1.807, 2.05) is 36.4 Å². The highest BCUT2D eigenvalue weighted by Crippen LogP contribution is 2.22. The minimum absolute atomic E-state index is 0.0101. The Morgan fingerprint density at radius 3 is 2.32 bits per heavy atom.